The van der Waals surface area contributed by atoms with Gasteiger partial charge in [-0.3, -0.25) is 15.7 Å². The summed E-state index contributed by atoms with van der Waals surface area (Å²) >= 11 is 1.61. The number of aromatic nitrogens is 2. The van der Waals surface area contributed by atoms with Crippen molar-refractivity contribution >= 4 is 16.3 Å². The van der Waals surface area contributed by atoms with Gasteiger partial charge in [0.2, 0.25) is 0 Å². The van der Waals surface area contributed by atoms with Crippen LogP contribution < -0.4 is 11.3 Å². The number of hydrogen-bond acceptors (Lipinski definition) is 4. The van der Waals surface area contributed by atoms with E-state index in [-0.39, 0.29) is 11.9 Å². The van der Waals surface area contributed by atoms with Crippen LogP contribution in [0.4, 0.5) is 4.39 Å². The van der Waals surface area contributed by atoms with Crippen molar-refractivity contribution in [2.45, 2.75) is 18.9 Å². The highest BCUT2D eigenvalue weighted by atomic mass is 32.1. The molecule has 0 saturated heterocycles. The van der Waals surface area contributed by atoms with Crippen LogP contribution in [0.2, 0.25) is 0 Å². The summed E-state index contributed by atoms with van der Waals surface area (Å²) in [5.74, 6) is 5.39. The summed E-state index contributed by atoms with van der Waals surface area (Å²) in [5, 5.41) is 2.00. The lowest BCUT2D eigenvalue weighted by molar-refractivity contribution is 0.518. The molecule has 104 valence electrons. The average molecular weight is 290 g/mol. The van der Waals surface area contributed by atoms with Crippen LogP contribution in [0.5, 0.6) is 0 Å². The number of nitrogens with two attached hydrogens (primary N) is 1. The summed E-state index contributed by atoms with van der Waals surface area (Å²) in [6, 6.07) is 6.58. The minimum Gasteiger partial charge on any atom is -0.297 e. The second-order valence-electron chi connectivity index (χ2n) is 4.72. The van der Waals surface area contributed by atoms with Crippen molar-refractivity contribution in [1.82, 2.24) is 14.8 Å². The predicted octanol–water partition coefficient (Wildman–Crippen LogP) is 2.15. The predicted molar refractivity (Wildman–Crippen MR) is 78.0 cm³/mol. The summed E-state index contributed by atoms with van der Waals surface area (Å²) in [7, 11) is 0. The summed E-state index contributed by atoms with van der Waals surface area (Å²) in [6.07, 6.45) is 5.48. The van der Waals surface area contributed by atoms with Gasteiger partial charge in [0.1, 0.15) is 5.82 Å². The zero-order valence-corrected chi connectivity index (χ0v) is 11.6. The third kappa shape index (κ3) is 2.87. The lowest BCUT2D eigenvalue weighted by Gasteiger charge is -2.14. The fourth-order valence-corrected chi connectivity index (χ4v) is 2.94. The molecule has 0 aliphatic carbocycles. The third-order valence-corrected chi connectivity index (χ3v) is 4.00. The second kappa shape index (κ2) is 5.70. The van der Waals surface area contributed by atoms with Crippen LogP contribution in [0.25, 0.3) is 4.96 Å². The van der Waals surface area contributed by atoms with Crippen LogP contribution in [0.15, 0.2) is 42.0 Å². The van der Waals surface area contributed by atoms with Crippen LogP contribution >= 0.6 is 11.3 Å². The molecule has 2 heterocycles. The van der Waals surface area contributed by atoms with Gasteiger partial charge in [0.05, 0.1) is 5.69 Å². The Morgan fingerprint density at radius 3 is 2.80 bits per heavy atom. The molecule has 1 unspecified atom stereocenters. The van der Waals surface area contributed by atoms with Gasteiger partial charge in [-0.2, -0.15) is 0 Å². The fourth-order valence-electron chi connectivity index (χ4n) is 2.22. The van der Waals surface area contributed by atoms with Gasteiger partial charge in [-0.1, -0.05) is 12.1 Å². The molecule has 4 nitrogen and oxygen atoms in total. The van der Waals surface area contributed by atoms with Crippen molar-refractivity contribution < 1.29 is 4.39 Å². The molecule has 3 aromatic rings. The van der Waals surface area contributed by atoms with E-state index in [0.717, 1.165) is 29.1 Å². The minimum atomic E-state index is -0.222. The van der Waals surface area contributed by atoms with E-state index in [2.05, 4.69) is 10.4 Å². The van der Waals surface area contributed by atoms with E-state index in [0.29, 0.717) is 0 Å². The number of rotatable bonds is 5. The Labute approximate surface area is 120 Å². The van der Waals surface area contributed by atoms with Gasteiger partial charge in [-0.05, 0) is 24.1 Å². The van der Waals surface area contributed by atoms with Crippen LogP contribution in [0.1, 0.15) is 11.3 Å². The van der Waals surface area contributed by atoms with E-state index in [1.807, 2.05) is 22.2 Å². The van der Waals surface area contributed by atoms with Crippen LogP contribution in [0.3, 0.4) is 0 Å². The van der Waals surface area contributed by atoms with Gasteiger partial charge in [-0.15, -0.1) is 11.3 Å². The molecule has 0 aliphatic rings. The standard InChI is InChI=1S/C14H15FN4S/c15-11-3-1-10(2-4-11)7-12(18-16)8-13-9-19-5-6-20-14(19)17-13/h1-6,9,12,18H,7-8,16H2. The number of nitrogens with zero attached hydrogens (tertiary/aromatic N) is 2. The number of imidazole rings is 1. The van der Waals surface area contributed by atoms with Crippen molar-refractivity contribution in [3.8, 4) is 0 Å². The highest BCUT2D eigenvalue weighted by molar-refractivity contribution is 7.15. The van der Waals surface area contributed by atoms with Gasteiger partial charge in [0, 0.05) is 30.2 Å². The maximum Gasteiger partial charge on any atom is 0.193 e. The van der Waals surface area contributed by atoms with E-state index in [4.69, 9.17) is 5.84 Å². The van der Waals surface area contributed by atoms with E-state index in [1.54, 1.807) is 23.5 Å². The van der Waals surface area contributed by atoms with Crippen LogP contribution in [-0.2, 0) is 12.8 Å². The van der Waals surface area contributed by atoms with Gasteiger partial charge in [0.15, 0.2) is 4.96 Å². The highest BCUT2D eigenvalue weighted by Crippen LogP contribution is 2.14. The number of hydrogen-bond donors (Lipinski definition) is 2. The highest BCUT2D eigenvalue weighted by Gasteiger charge is 2.12. The topological polar surface area (TPSA) is 55.3 Å². The Kier molecular flexibility index (Phi) is 3.77. The van der Waals surface area contributed by atoms with Crippen molar-refractivity contribution in [3.63, 3.8) is 0 Å². The first-order chi connectivity index (χ1) is 9.74. The zero-order chi connectivity index (χ0) is 13.9. The Bertz CT molecular complexity index is 660. The number of fused-ring (bicyclic) bond motifs is 1. The number of thiazole rings is 1. The molecule has 2 aromatic heterocycles. The van der Waals surface area contributed by atoms with E-state index >= 15 is 0 Å². The summed E-state index contributed by atoms with van der Waals surface area (Å²) < 4.78 is 14.9. The number of benzene rings is 1. The molecule has 1 aromatic carbocycles. The molecule has 0 radical (unpaired) electrons. The Morgan fingerprint density at radius 1 is 1.30 bits per heavy atom. The Hall–Kier alpha value is -1.76. The second-order valence-corrected chi connectivity index (χ2v) is 5.60. The lowest BCUT2D eigenvalue weighted by atomic mass is 10.0. The molecule has 0 spiro atoms. The first kappa shape index (κ1) is 13.2. The molecule has 3 rings (SSSR count). The molecular formula is C14H15FN4S. The first-order valence-electron chi connectivity index (χ1n) is 6.36. The average Bonchev–Trinajstić information content (AvgIpc) is 3.01. The third-order valence-electron chi connectivity index (χ3n) is 3.23. The minimum absolute atomic E-state index is 0.0741. The molecule has 20 heavy (non-hydrogen) atoms. The number of nitrogens with one attached hydrogen (secondary N) is 1. The van der Waals surface area contributed by atoms with Gasteiger partial charge >= 0.3 is 0 Å². The summed E-state index contributed by atoms with van der Waals surface area (Å²) in [5.41, 5.74) is 4.86. The van der Waals surface area contributed by atoms with Gasteiger partial charge in [0.25, 0.3) is 0 Å². The Morgan fingerprint density at radius 2 is 2.10 bits per heavy atom. The lowest BCUT2D eigenvalue weighted by Crippen LogP contribution is -2.38. The smallest absolute Gasteiger partial charge is 0.193 e. The normalized spacial score (nSPS) is 12.9. The zero-order valence-electron chi connectivity index (χ0n) is 10.8. The maximum absolute atomic E-state index is 12.9. The molecule has 3 N–H and O–H groups in total. The SMILES string of the molecule is NNC(Cc1ccc(F)cc1)Cc1cn2ccsc2n1. The number of hydrazine groups is 1. The molecule has 0 amide bonds. The van der Waals surface area contributed by atoms with Crippen LogP contribution in [0, 0.1) is 5.82 Å². The molecule has 0 fully saturated rings. The number of halogens is 1. The first-order valence-corrected chi connectivity index (χ1v) is 7.24. The molecule has 6 heteroatoms. The van der Waals surface area contributed by atoms with Crippen molar-refractivity contribution in [2.75, 3.05) is 0 Å². The van der Waals surface area contributed by atoms with Crippen molar-refractivity contribution in [2.24, 2.45) is 5.84 Å². The van der Waals surface area contributed by atoms with Gasteiger partial charge in [-0.25, -0.2) is 9.37 Å². The molecule has 0 aliphatic heterocycles. The summed E-state index contributed by atoms with van der Waals surface area (Å²) in [6.45, 7) is 0. The van der Waals surface area contributed by atoms with E-state index in [1.165, 1.54) is 12.1 Å². The maximum atomic E-state index is 12.9. The Balaban J connectivity index is 1.70. The quantitative estimate of drug-likeness (QED) is 0.559. The summed E-state index contributed by atoms with van der Waals surface area (Å²) in [4.78, 5) is 5.53. The van der Waals surface area contributed by atoms with Crippen LogP contribution in [-0.4, -0.2) is 15.4 Å². The van der Waals surface area contributed by atoms with Gasteiger partial charge < -0.3 is 0 Å². The van der Waals surface area contributed by atoms with Crippen molar-refractivity contribution in [1.29, 1.82) is 0 Å². The largest absolute Gasteiger partial charge is 0.297 e. The van der Waals surface area contributed by atoms with E-state index in [9.17, 15) is 4.39 Å². The molecule has 1 atom stereocenters. The fraction of sp³-hybridized carbons (Fsp3) is 0.214. The van der Waals surface area contributed by atoms with E-state index < -0.39 is 0 Å². The monoisotopic (exact) mass is 290 g/mol. The van der Waals surface area contributed by atoms with Crippen molar-refractivity contribution in [3.05, 3.63) is 59.1 Å². The molecule has 0 bridgehead atoms. The molecular weight excluding hydrogens is 275 g/mol. The molecule has 0 saturated carbocycles.